The Bertz CT molecular complexity index is 885. The molecule has 0 amide bonds. The highest BCUT2D eigenvalue weighted by atomic mass is 32.2. The van der Waals surface area contributed by atoms with Crippen LogP contribution >= 0.6 is 11.8 Å². The Hall–Kier alpha value is -2.28. The van der Waals surface area contributed by atoms with Crippen LogP contribution in [0.3, 0.4) is 0 Å². The van der Waals surface area contributed by atoms with Gasteiger partial charge in [0.2, 0.25) is 5.88 Å². The minimum Gasteiger partial charge on any atom is -0.481 e. The highest BCUT2D eigenvalue weighted by Gasteiger charge is 2.09. The molecule has 2 N–H and O–H groups in total. The third-order valence-electron chi connectivity index (χ3n) is 3.48. The van der Waals surface area contributed by atoms with Crippen LogP contribution in [0.1, 0.15) is 16.8 Å². The molecular formula is C15H16N4O2S. The number of methoxy groups -OCH3 is 1. The summed E-state index contributed by atoms with van der Waals surface area (Å²) >= 11 is 1.52. The molecule has 0 unspecified atom stereocenters. The number of nitrogens with one attached hydrogen (secondary N) is 2. The molecule has 0 bridgehead atoms. The van der Waals surface area contributed by atoms with Crippen LogP contribution in [-0.2, 0) is 5.75 Å². The molecule has 114 valence electrons. The van der Waals surface area contributed by atoms with Crippen LogP contribution in [0.4, 0.5) is 0 Å². The lowest BCUT2D eigenvalue weighted by molar-refractivity contribution is 0.399. The second-order valence-electron chi connectivity index (χ2n) is 4.96. The molecular weight excluding hydrogens is 300 g/mol. The first-order valence-electron chi connectivity index (χ1n) is 6.80. The van der Waals surface area contributed by atoms with Crippen LogP contribution in [-0.4, -0.2) is 27.0 Å². The van der Waals surface area contributed by atoms with Crippen molar-refractivity contribution in [2.24, 2.45) is 0 Å². The lowest BCUT2D eigenvalue weighted by Crippen LogP contribution is -2.12. The summed E-state index contributed by atoms with van der Waals surface area (Å²) in [6.45, 7) is 3.65. The maximum absolute atomic E-state index is 11.9. The van der Waals surface area contributed by atoms with Crippen molar-refractivity contribution in [2.75, 3.05) is 7.11 Å². The van der Waals surface area contributed by atoms with E-state index in [1.165, 1.54) is 11.8 Å². The van der Waals surface area contributed by atoms with Crippen molar-refractivity contribution in [1.82, 2.24) is 19.9 Å². The third-order valence-corrected chi connectivity index (χ3v) is 4.38. The maximum Gasteiger partial charge on any atom is 0.215 e. The van der Waals surface area contributed by atoms with Gasteiger partial charge in [0.1, 0.15) is 0 Å². The van der Waals surface area contributed by atoms with E-state index >= 15 is 0 Å². The smallest absolute Gasteiger partial charge is 0.215 e. The minimum atomic E-state index is 0.0883. The molecule has 3 heterocycles. The number of nitrogens with zero attached hydrogens (tertiary/aromatic N) is 2. The zero-order valence-corrected chi connectivity index (χ0v) is 13.4. The van der Waals surface area contributed by atoms with E-state index in [-0.39, 0.29) is 5.43 Å². The zero-order chi connectivity index (χ0) is 15.7. The first kappa shape index (κ1) is 14.6. The van der Waals surface area contributed by atoms with E-state index in [1.54, 1.807) is 26.3 Å². The summed E-state index contributed by atoms with van der Waals surface area (Å²) in [5.74, 6) is 1.17. The number of ether oxygens (including phenoxy) is 1. The van der Waals surface area contributed by atoms with Gasteiger partial charge in [-0.1, -0.05) is 11.8 Å². The van der Waals surface area contributed by atoms with Gasteiger partial charge in [0.05, 0.1) is 12.6 Å². The highest BCUT2D eigenvalue weighted by molar-refractivity contribution is 7.98. The average molecular weight is 316 g/mol. The van der Waals surface area contributed by atoms with Gasteiger partial charge in [0.25, 0.3) is 0 Å². The van der Waals surface area contributed by atoms with E-state index in [0.717, 1.165) is 27.5 Å². The molecule has 0 aliphatic heterocycles. The molecule has 22 heavy (non-hydrogen) atoms. The van der Waals surface area contributed by atoms with E-state index in [0.29, 0.717) is 17.3 Å². The number of aryl methyl sites for hydroxylation is 1. The molecule has 0 saturated carbocycles. The summed E-state index contributed by atoms with van der Waals surface area (Å²) in [4.78, 5) is 27.0. The molecule has 0 aromatic carbocycles. The molecule has 0 fully saturated rings. The van der Waals surface area contributed by atoms with E-state index < -0.39 is 0 Å². The van der Waals surface area contributed by atoms with Crippen molar-refractivity contribution in [2.45, 2.75) is 24.8 Å². The normalized spacial score (nSPS) is 11.0. The minimum absolute atomic E-state index is 0.0883. The molecule has 3 aromatic heterocycles. The summed E-state index contributed by atoms with van der Waals surface area (Å²) in [5, 5.41) is 0.761. The number of fused-ring (bicyclic) bond motifs is 1. The number of H-pyrrole nitrogens is 2. The fourth-order valence-electron chi connectivity index (χ4n) is 2.13. The number of pyridine rings is 2. The van der Waals surface area contributed by atoms with Crippen molar-refractivity contribution in [3.63, 3.8) is 0 Å². The molecule has 6 nitrogen and oxygen atoms in total. The van der Waals surface area contributed by atoms with E-state index in [1.807, 2.05) is 13.0 Å². The van der Waals surface area contributed by atoms with Crippen molar-refractivity contribution in [3.8, 4) is 5.88 Å². The topological polar surface area (TPSA) is 83.7 Å². The molecule has 0 atom stereocenters. The van der Waals surface area contributed by atoms with Crippen LogP contribution in [0.25, 0.3) is 11.2 Å². The second kappa shape index (κ2) is 5.84. The Kier molecular flexibility index (Phi) is 3.89. The Labute approximate surface area is 131 Å². The van der Waals surface area contributed by atoms with Gasteiger partial charge in [0.15, 0.2) is 16.2 Å². The summed E-state index contributed by atoms with van der Waals surface area (Å²) in [5.41, 5.74) is 3.96. The van der Waals surface area contributed by atoms with Crippen molar-refractivity contribution in [3.05, 3.63) is 45.4 Å². The number of hydrogen-bond acceptors (Lipinski definition) is 5. The van der Waals surface area contributed by atoms with Crippen LogP contribution in [0.5, 0.6) is 5.88 Å². The van der Waals surface area contributed by atoms with Crippen LogP contribution in [0.15, 0.2) is 28.3 Å². The SMILES string of the molecule is COc1ccc2[nH]c(SCc3[nH]cc(C)c(=O)c3C)nc2n1. The number of aromatic amines is 2. The van der Waals surface area contributed by atoms with Gasteiger partial charge in [0, 0.05) is 34.8 Å². The predicted molar refractivity (Wildman–Crippen MR) is 86.5 cm³/mol. The largest absolute Gasteiger partial charge is 0.481 e. The third kappa shape index (κ3) is 2.71. The first-order valence-corrected chi connectivity index (χ1v) is 7.78. The van der Waals surface area contributed by atoms with Gasteiger partial charge in [-0.25, -0.2) is 4.98 Å². The number of aromatic nitrogens is 4. The molecule has 7 heteroatoms. The van der Waals surface area contributed by atoms with Gasteiger partial charge >= 0.3 is 0 Å². The quantitative estimate of drug-likeness (QED) is 0.723. The van der Waals surface area contributed by atoms with Crippen LogP contribution in [0, 0.1) is 13.8 Å². The molecule has 0 aliphatic carbocycles. The Morgan fingerprint density at radius 1 is 1.27 bits per heavy atom. The van der Waals surface area contributed by atoms with Gasteiger partial charge < -0.3 is 14.7 Å². The summed E-state index contributed by atoms with van der Waals surface area (Å²) in [7, 11) is 1.58. The van der Waals surface area contributed by atoms with Crippen LogP contribution < -0.4 is 10.2 Å². The molecule has 0 saturated heterocycles. The van der Waals surface area contributed by atoms with Crippen molar-refractivity contribution < 1.29 is 4.74 Å². The Balaban J connectivity index is 1.82. The standard InChI is InChI=1S/C15H16N4O2S/c1-8-6-16-11(9(2)13(8)20)7-22-15-17-10-4-5-12(21-3)18-14(10)19-15/h4-6H,7H2,1-3H3,(H,16,20)(H,17,18,19). The lowest BCUT2D eigenvalue weighted by Gasteiger charge is -2.04. The van der Waals surface area contributed by atoms with Crippen molar-refractivity contribution in [1.29, 1.82) is 0 Å². The number of imidazole rings is 1. The summed E-state index contributed by atoms with van der Waals surface area (Å²) in [6.07, 6.45) is 1.75. The number of rotatable bonds is 4. The summed E-state index contributed by atoms with van der Waals surface area (Å²) < 4.78 is 5.09. The lowest BCUT2D eigenvalue weighted by atomic mass is 10.2. The molecule has 3 rings (SSSR count). The first-order chi connectivity index (χ1) is 10.6. The van der Waals surface area contributed by atoms with Gasteiger partial charge in [-0.15, -0.1) is 0 Å². The molecule has 0 aliphatic rings. The maximum atomic E-state index is 11.9. The number of thioether (sulfide) groups is 1. The van der Waals surface area contributed by atoms with Gasteiger partial charge in [-0.05, 0) is 19.9 Å². The van der Waals surface area contributed by atoms with E-state index in [4.69, 9.17) is 4.74 Å². The molecule has 0 spiro atoms. The summed E-state index contributed by atoms with van der Waals surface area (Å²) in [6, 6.07) is 3.67. The zero-order valence-electron chi connectivity index (χ0n) is 12.6. The van der Waals surface area contributed by atoms with Crippen LogP contribution in [0.2, 0.25) is 0 Å². The molecule has 3 aromatic rings. The predicted octanol–water partition coefficient (Wildman–Crippen LogP) is 2.56. The van der Waals surface area contributed by atoms with Crippen molar-refractivity contribution >= 4 is 22.9 Å². The number of hydrogen-bond donors (Lipinski definition) is 2. The molecule has 0 radical (unpaired) electrons. The average Bonchev–Trinajstić information content (AvgIpc) is 2.93. The van der Waals surface area contributed by atoms with E-state index in [9.17, 15) is 4.79 Å². The Morgan fingerprint density at radius 2 is 2.09 bits per heavy atom. The van der Waals surface area contributed by atoms with E-state index in [2.05, 4.69) is 19.9 Å². The highest BCUT2D eigenvalue weighted by Crippen LogP contribution is 2.23. The monoisotopic (exact) mass is 316 g/mol. The fourth-order valence-corrected chi connectivity index (χ4v) is 3.04. The van der Waals surface area contributed by atoms with Gasteiger partial charge in [-0.2, -0.15) is 4.98 Å². The second-order valence-corrected chi connectivity index (χ2v) is 5.92. The fraction of sp³-hybridized carbons (Fsp3) is 0.267. The Morgan fingerprint density at radius 3 is 2.86 bits per heavy atom. The van der Waals surface area contributed by atoms with Gasteiger partial charge in [-0.3, -0.25) is 4.79 Å².